The Hall–Kier alpha value is -2.85. The molecule has 0 radical (unpaired) electrons. The minimum absolute atomic E-state index is 0.0332. The Morgan fingerprint density at radius 1 is 1.21 bits per heavy atom. The van der Waals surface area contributed by atoms with Crippen molar-refractivity contribution in [2.24, 2.45) is 0 Å². The first kappa shape index (κ1) is 18.5. The predicted molar refractivity (Wildman–Crippen MR) is 115 cm³/mol. The summed E-state index contributed by atoms with van der Waals surface area (Å²) < 4.78 is 13.6. The molecule has 0 heterocycles. The Bertz CT molecular complexity index is 1010. The molecule has 1 fully saturated rings. The molecule has 140 valence electrons. The van der Waals surface area contributed by atoms with E-state index >= 15 is 0 Å². The molecule has 28 heavy (non-hydrogen) atoms. The number of halogens is 1. The van der Waals surface area contributed by atoms with Crippen molar-refractivity contribution < 1.29 is 4.39 Å². The van der Waals surface area contributed by atoms with E-state index in [1.54, 1.807) is 12.1 Å². The zero-order valence-corrected chi connectivity index (χ0v) is 16.3. The average molecular weight is 368 g/mol. The smallest absolute Gasteiger partial charge is 0.123 e. The number of rotatable bonds is 6. The van der Waals surface area contributed by atoms with Gasteiger partial charge in [-0.25, -0.2) is 4.39 Å². The molecule has 2 aromatic rings. The Labute approximate surface area is 167 Å². The van der Waals surface area contributed by atoms with Gasteiger partial charge in [-0.1, -0.05) is 79.1 Å². The lowest BCUT2D eigenvalue weighted by Gasteiger charge is -2.22. The highest BCUT2D eigenvalue weighted by Crippen LogP contribution is 2.48. The molecule has 1 heteroatoms. The summed E-state index contributed by atoms with van der Waals surface area (Å²) in [5.41, 5.74) is 7.00. The van der Waals surface area contributed by atoms with Crippen molar-refractivity contribution in [3.05, 3.63) is 101 Å². The Kier molecular flexibility index (Phi) is 4.82. The fourth-order valence-corrected chi connectivity index (χ4v) is 4.17. The lowest BCUT2D eigenvalue weighted by Crippen LogP contribution is -2.07. The van der Waals surface area contributed by atoms with Gasteiger partial charge in [0.05, 0.1) is 5.41 Å². The summed E-state index contributed by atoms with van der Waals surface area (Å²) in [6, 6.07) is 15.6. The molecule has 0 aromatic heterocycles. The van der Waals surface area contributed by atoms with Crippen LogP contribution in [0, 0.1) is 18.2 Å². The highest BCUT2D eigenvalue weighted by molar-refractivity contribution is 5.78. The molecule has 4 rings (SSSR count). The zero-order chi connectivity index (χ0) is 19.7. The minimum Gasteiger partial charge on any atom is -0.207 e. The summed E-state index contributed by atoms with van der Waals surface area (Å²) in [7, 11) is 0. The van der Waals surface area contributed by atoms with Gasteiger partial charge in [-0.05, 0) is 60.1 Å². The zero-order valence-electron chi connectivity index (χ0n) is 16.3. The van der Waals surface area contributed by atoms with Crippen LogP contribution in [-0.2, 0) is 5.41 Å². The lowest BCUT2D eigenvalue weighted by molar-refractivity contribution is 0.627. The van der Waals surface area contributed by atoms with Gasteiger partial charge in [0.1, 0.15) is 5.82 Å². The molecule has 2 aliphatic rings. The molecule has 0 spiro atoms. The first-order chi connectivity index (χ1) is 13.6. The maximum Gasteiger partial charge on any atom is 0.123 e. The van der Waals surface area contributed by atoms with Gasteiger partial charge in [-0.3, -0.25) is 0 Å². The number of benzene rings is 2. The van der Waals surface area contributed by atoms with E-state index in [1.165, 1.54) is 28.3 Å². The third-order valence-corrected chi connectivity index (χ3v) is 6.11. The quantitative estimate of drug-likeness (QED) is 0.382. The Morgan fingerprint density at radius 3 is 2.57 bits per heavy atom. The molecule has 1 saturated carbocycles. The molecule has 0 unspecified atom stereocenters. The molecule has 0 bridgehead atoms. The van der Waals surface area contributed by atoms with Crippen LogP contribution in [-0.4, -0.2) is 0 Å². The topological polar surface area (TPSA) is 0 Å². The van der Waals surface area contributed by atoms with Crippen molar-refractivity contribution in [2.45, 2.75) is 43.9 Å². The van der Waals surface area contributed by atoms with Crippen molar-refractivity contribution >= 4 is 5.57 Å². The van der Waals surface area contributed by atoms with Crippen molar-refractivity contribution in [2.75, 3.05) is 0 Å². The van der Waals surface area contributed by atoms with E-state index in [4.69, 9.17) is 6.42 Å². The molecule has 0 N–H and O–H groups in total. The third-order valence-electron chi connectivity index (χ3n) is 6.11. The van der Waals surface area contributed by atoms with Crippen molar-refractivity contribution in [1.82, 2.24) is 0 Å². The van der Waals surface area contributed by atoms with Crippen LogP contribution in [0.5, 0.6) is 0 Å². The summed E-state index contributed by atoms with van der Waals surface area (Å²) in [6.07, 6.45) is 14.1. The molecule has 0 amide bonds. The van der Waals surface area contributed by atoms with Crippen LogP contribution in [0.4, 0.5) is 4.39 Å². The Balaban J connectivity index is 1.64. The number of terminal acetylenes is 1. The summed E-state index contributed by atoms with van der Waals surface area (Å²) in [4.78, 5) is 0. The fourth-order valence-electron chi connectivity index (χ4n) is 4.17. The van der Waals surface area contributed by atoms with Crippen LogP contribution < -0.4 is 0 Å². The van der Waals surface area contributed by atoms with Crippen molar-refractivity contribution in [1.29, 1.82) is 0 Å². The predicted octanol–water partition coefficient (Wildman–Crippen LogP) is 6.95. The van der Waals surface area contributed by atoms with Gasteiger partial charge < -0.3 is 0 Å². The molecule has 2 aromatic carbocycles. The molecule has 1 atom stereocenters. The monoisotopic (exact) mass is 368 g/mol. The first-order valence-electron chi connectivity index (χ1n) is 9.99. The second kappa shape index (κ2) is 7.28. The molecular weight excluding hydrogens is 343 g/mol. The van der Waals surface area contributed by atoms with E-state index in [0.29, 0.717) is 0 Å². The van der Waals surface area contributed by atoms with Crippen molar-refractivity contribution in [3.8, 4) is 12.3 Å². The summed E-state index contributed by atoms with van der Waals surface area (Å²) >= 11 is 0. The normalized spacial score (nSPS) is 18.0. The summed E-state index contributed by atoms with van der Waals surface area (Å²) in [5.74, 6) is 2.95. The van der Waals surface area contributed by atoms with E-state index in [-0.39, 0.29) is 17.2 Å². The highest BCUT2D eigenvalue weighted by atomic mass is 19.1. The second-order valence-corrected chi connectivity index (χ2v) is 7.89. The standard InChI is InChI=1S/C27H25F/c1-4-19(3)26(20-11-13-24(14-12-20)27(5-2)15-16-27)23-10-9-22(17-23)21-7-6-8-25(28)18-21/h2,6-9,11-14,17-18,26H,3-4,10,15-16H2,1H3/t26-/m1/s1. The van der Waals surface area contributed by atoms with Crippen LogP contribution in [0.3, 0.4) is 0 Å². The van der Waals surface area contributed by atoms with E-state index < -0.39 is 0 Å². The van der Waals surface area contributed by atoms with Crippen LogP contribution in [0.2, 0.25) is 0 Å². The molecule has 0 nitrogen and oxygen atoms in total. The van der Waals surface area contributed by atoms with Gasteiger partial charge in [0.2, 0.25) is 0 Å². The highest BCUT2D eigenvalue weighted by Gasteiger charge is 2.42. The molecular formula is C27H25F. The van der Waals surface area contributed by atoms with Crippen LogP contribution in [0.25, 0.3) is 5.57 Å². The van der Waals surface area contributed by atoms with Crippen LogP contribution in [0.1, 0.15) is 55.2 Å². The van der Waals surface area contributed by atoms with Gasteiger partial charge in [0.25, 0.3) is 0 Å². The van der Waals surface area contributed by atoms with Gasteiger partial charge in [0.15, 0.2) is 0 Å². The Morgan fingerprint density at radius 2 is 1.96 bits per heavy atom. The number of hydrogen-bond donors (Lipinski definition) is 0. The van der Waals surface area contributed by atoms with Gasteiger partial charge in [-0.2, -0.15) is 0 Å². The van der Waals surface area contributed by atoms with Crippen molar-refractivity contribution in [3.63, 3.8) is 0 Å². The fraction of sp³-hybridized carbons (Fsp3) is 0.259. The summed E-state index contributed by atoms with van der Waals surface area (Å²) in [5, 5.41) is 0. The third kappa shape index (κ3) is 3.36. The second-order valence-electron chi connectivity index (χ2n) is 7.89. The average Bonchev–Trinajstić information content (AvgIpc) is 3.38. The van der Waals surface area contributed by atoms with Gasteiger partial charge in [0, 0.05) is 5.92 Å². The molecule has 0 saturated heterocycles. The van der Waals surface area contributed by atoms with Crippen LogP contribution >= 0.6 is 0 Å². The maximum absolute atomic E-state index is 13.6. The van der Waals surface area contributed by atoms with Gasteiger partial charge >= 0.3 is 0 Å². The first-order valence-corrected chi connectivity index (χ1v) is 9.99. The minimum atomic E-state index is -0.201. The van der Waals surface area contributed by atoms with Crippen LogP contribution in [0.15, 0.2) is 78.4 Å². The number of hydrogen-bond acceptors (Lipinski definition) is 0. The summed E-state index contributed by atoms with van der Waals surface area (Å²) in [6.45, 7) is 6.50. The largest absolute Gasteiger partial charge is 0.207 e. The SMILES string of the molecule is C#CC1(c2ccc([C@@H](C(=C)CC)C3=CC(c4cccc(F)c4)=CC3)cc2)CC1. The van der Waals surface area contributed by atoms with E-state index in [2.05, 4.69) is 55.8 Å². The number of allylic oxidation sites excluding steroid dienone is 5. The molecule has 2 aliphatic carbocycles. The van der Waals surface area contributed by atoms with E-state index in [0.717, 1.165) is 36.8 Å². The maximum atomic E-state index is 13.6. The lowest BCUT2D eigenvalue weighted by atomic mass is 9.82. The molecule has 0 aliphatic heterocycles. The van der Waals surface area contributed by atoms with Gasteiger partial charge in [-0.15, -0.1) is 6.42 Å². The van der Waals surface area contributed by atoms with E-state index in [9.17, 15) is 4.39 Å². The van der Waals surface area contributed by atoms with E-state index in [1.807, 2.05) is 6.07 Å².